The first-order chi connectivity index (χ1) is 8.52. The third-order valence-electron chi connectivity index (χ3n) is 2.26. The Morgan fingerprint density at radius 2 is 1.94 bits per heavy atom. The number of methoxy groups -OCH3 is 1. The van der Waals surface area contributed by atoms with Crippen LogP contribution in [0.15, 0.2) is 18.2 Å². The second-order valence-electron chi connectivity index (χ2n) is 3.60. The van der Waals surface area contributed by atoms with Crippen molar-refractivity contribution < 1.29 is 23.1 Å². The largest absolute Gasteiger partial charge is 0.469 e. The number of esters is 1. The Hall–Kier alpha value is -1.98. The molecule has 1 aromatic carbocycles. The summed E-state index contributed by atoms with van der Waals surface area (Å²) in [6.07, 6.45) is -0.0174. The molecule has 1 N–H and O–H groups in total. The molecule has 0 unspecified atom stereocenters. The highest BCUT2D eigenvalue weighted by Crippen LogP contribution is 2.08. The van der Waals surface area contributed by atoms with E-state index in [1.54, 1.807) is 0 Å². The molecule has 1 rings (SSSR count). The van der Waals surface area contributed by atoms with E-state index in [4.69, 9.17) is 0 Å². The maximum Gasteiger partial charge on any atom is 0.306 e. The number of halogens is 2. The third kappa shape index (κ3) is 4.48. The minimum absolute atomic E-state index is 0.00362. The van der Waals surface area contributed by atoms with E-state index in [1.807, 2.05) is 0 Å². The number of hydrogen-bond acceptors (Lipinski definition) is 3. The first-order valence-corrected chi connectivity index (χ1v) is 5.30. The summed E-state index contributed by atoms with van der Waals surface area (Å²) in [5, 5.41) is 2.49. The van der Waals surface area contributed by atoms with Gasteiger partial charge in [-0.25, -0.2) is 8.78 Å². The standard InChI is InChI=1S/C12H13F2NO3/c1-18-12(17)5-4-11(16)15-7-8-2-3-9(13)10(14)6-8/h2-3,6H,4-5,7H2,1H3,(H,15,16). The number of carbonyl (C=O) groups excluding carboxylic acids is 2. The summed E-state index contributed by atoms with van der Waals surface area (Å²) in [5.41, 5.74) is 0.445. The van der Waals surface area contributed by atoms with Crippen LogP contribution >= 0.6 is 0 Å². The monoisotopic (exact) mass is 257 g/mol. The van der Waals surface area contributed by atoms with Crippen molar-refractivity contribution in [2.75, 3.05) is 7.11 Å². The Bertz CT molecular complexity index is 449. The quantitative estimate of drug-likeness (QED) is 0.814. The van der Waals surface area contributed by atoms with Crippen molar-refractivity contribution >= 4 is 11.9 Å². The zero-order valence-corrected chi connectivity index (χ0v) is 9.83. The van der Waals surface area contributed by atoms with E-state index >= 15 is 0 Å². The summed E-state index contributed by atoms with van der Waals surface area (Å²) in [7, 11) is 1.24. The van der Waals surface area contributed by atoms with Crippen molar-refractivity contribution in [3.8, 4) is 0 Å². The highest BCUT2D eigenvalue weighted by atomic mass is 19.2. The summed E-state index contributed by atoms with van der Waals surface area (Å²) in [4.78, 5) is 22.1. The van der Waals surface area contributed by atoms with E-state index in [0.717, 1.165) is 12.1 Å². The molecule has 0 spiro atoms. The maximum absolute atomic E-state index is 12.9. The lowest BCUT2D eigenvalue weighted by Crippen LogP contribution is -2.23. The Morgan fingerprint density at radius 1 is 1.22 bits per heavy atom. The Balaban J connectivity index is 2.38. The number of hydrogen-bond donors (Lipinski definition) is 1. The van der Waals surface area contributed by atoms with Crippen LogP contribution < -0.4 is 5.32 Å². The molecule has 6 heteroatoms. The molecule has 0 heterocycles. The fourth-order valence-electron chi connectivity index (χ4n) is 1.26. The normalized spacial score (nSPS) is 9.94. The molecule has 4 nitrogen and oxygen atoms in total. The van der Waals surface area contributed by atoms with Crippen molar-refractivity contribution in [3.05, 3.63) is 35.4 Å². The molecule has 18 heavy (non-hydrogen) atoms. The molecular formula is C12H13F2NO3. The van der Waals surface area contributed by atoms with Gasteiger partial charge in [0.2, 0.25) is 5.91 Å². The molecule has 0 atom stereocenters. The second kappa shape index (κ2) is 6.68. The number of amides is 1. The van der Waals surface area contributed by atoms with Crippen molar-refractivity contribution in [2.45, 2.75) is 19.4 Å². The lowest BCUT2D eigenvalue weighted by Gasteiger charge is -2.05. The van der Waals surface area contributed by atoms with Gasteiger partial charge in [0.05, 0.1) is 13.5 Å². The predicted octanol–water partition coefficient (Wildman–Crippen LogP) is 1.53. The van der Waals surface area contributed by atoms with Gasteiger partial charge in [-0.2, -0.15) is 0 Å². The van der Waals surface area contributed by atoms with Gasteiger partial charge < -0.3 is 10.1 Å². The Morgan fingerprint density at radius 3 is 2.56 bits per heavy atom. The van der Waals surface area contributed by atoms with E-state index < -0.39 is 17.6 Å². The molecule has 1 aromatic rings. The summed E-state index contributed by atoms with van der Waals surface area (Å²) in [6, 6.07) is 3.38. The van der Waals surface area contributed by atoms with Gasteiger partial charge in [-0.1, -0.05) is 6.07 Å². The molecule has 0 saturated heterocycles. The van der Waals surface area contributed by atoms with Gasteiger partial charge in [0, 0.05) is 13.0 Å². The van der Waals surface area contributed by atoms with Crippen LogP contribution in [0.4, 0.5) is 8.78 Å². The van der Waals surface area contributed by atoms with Crippen molar-refractivity contribution in [1.82, 2.24) is 5.32 Å². The molecular weight excluding hydrogens is 244 g/mol. The molecule has 0 saturated carbocycles. The van der Waals surface area contributed by atoms with Gasteiger partial charge in [0.25, 0.3) is 0 Å². The van der Waals surface area contributed by atoms with Crippen LogP contribution in [0.2, 0.25) is 0 Å². The SMILES string of the molecule is COC(=O)CCC(=O)NCc1ccc(F)c(F)c1. The fourth-order valence-corrected chi connectivity index (χ4v) is 1.26. The van der Waals surface area contributed by atoms with Crippen LogP contribution in [0.1, 0.15) is 18.4 Å². The molecule has 0 radical (unpaired) electrons. The molecule has 0 bridgehead atoms. The number of carbonyl (C=O) groups is 2. The minimum Gasteiger partial charge on any atom is -0.469 e. The Labute approximate surface area is 103 Å². The first-order valence-electron chi connectivity index (χ1n) is 5.30. The summed E-state index contributed by atoms with van der Waals surface area (Å²) < 4.78 is 29.9. The highest BCUT2D eigenvalue weighted by Gasteiger charge is 2.07. The maximum atomic E-state index is 12.9. The highest BCUT2D eigenvalue weighted by molar-refractivity contribution is 5.81. The smallest absolute Gasteiger partial charge is 0.306 e. The van der Waals surface area contributed by atoms with E-state index in [1.165, 1.54) is 13.2 Å². The molecule has 0 aliphatic carbocycles. The number of rotatable bonds is 5. The lowest BCUT2D eigenvalue weighted by atomic mass is 10.2. The van der Waals surface area contributed by atoms with Gasteiger partial charge in [0.1, 0.15) is 0 Å². The van der Waals surface area contributed by atoms with E-state index in [-0.39, 0.29) is 25.3 Å². The second-order valence-corrected chi connectivity index (χ2v) is 3.60. The molecule has 0 aliphatic heterocycles. The van der Waals surface area contributed by atoms with Crippen LogP contribution in [0.25, 0.3) is 0 Å². The fraction of sp³-hybridized carbons (Fsp3) is 0.333. The van der Waals surface area contributed by atoms with E-state index in [9.17, 15) is 18.4 Å². The van der Waals surface area contributed by atoms with Crippen molar-refractivity contribution in [2.24, 2.45) is 0 Å². The van der Waals surface area contributed by atoms with Crippen molar-refractivity contribution in [3.63, 3.8) is 0 Å². The van der Waals surface area contributed by atoms with E-state index in [2.05, 4.69) is 10.1 Å². The number of nitrogens with one attached hydrogen (secondary N) is 1. The predicted molar refractivity (Wildman–Crippen MR) is 59.5 cm³/mol. The van der Waals surface area contributed by atoms with Crippen LogP contribution in [0.3, 0.4) is 0 Å². The Kier molecular flexibility index (Phi) is 5.23. The number of ether oxygens (including phenoxy) is 1. The minimum atomic E-state index is -0.962. The molecule has 98 valence electrons. The summed E-state index contributed by atoms with van der Waals surface area (Å²) >= 11 is 0. The van der Waals surface area contributed by atoms with Gasteiger partial charge in [-0.05, 0) is 17.7 Å². The van der Waals surface area contributed by atoms with Gasteiger partial charge in [-0.15, -0.1) is 0 Å². The zero-order valence-electron chi connectivity index (χ0n) is 9.83. The molecule has 1 amide bonds. The molecule has 0 aliphatic rings. The van der Waals surface area contributed by atoms with E-state index in [0.29, 0.717) is 5.56 Å². The third-order valence-corrected chi connectivity index (χ3v) is 2.26. The van der Waals surface area contributed by atoms with Gasteiger partial charge in [-0.3, -0.25) is 9.59 Å². The first kappa shape index (κ1) is 14.1. The summed E-state index contributed by atoms with van der Waals surface area (Å²) in [5.74, 6) is -2.73. The summed E-state index contributed by atoms with van der Waals surface area (Å²) in [6.45, 7) is 0.0806. The molecule has 0 aromatic heterocycles. The van der Waals surface area contributed by atoms with Crippen LogP contribution in [-0.4, -0.2) is 19.0 Å². The van der Waals surface area contributed by atoms with Gasteiger partial charge >= 0.3 is 5.97 Å². The lowest BCUT2D eigenvalue weighted by molar-refractivity contribution is -0.142. The topological polar surface area (TPSA) is 55.4 Å². The average molecular weight is 257 g/mol. The van der Waals surface area contributed by atoms with Crippen molar-refractivity contribution in [1.29, 1.82) is 0 Å². The van der Waals surface area contributed by atoms with Crippen LogP contribution in [0.5, 0.6) is 0 Å². The zero-order chi connectivity index (χ0) is 13.5. The van der Waals surface area contributed by atoms with Crippen LogP contribution in [0, 0.1) is 11.6 Å². The van der Waals surface area contributed by atoms with Crippen LogP contribution in [-0.2, 0) is 20.9 Å². The molecule has 0 fully saturated rings. The van der Waals surface area contributed by atoms with Gasteiger partial charge in [0.15, 0.2) is 11.6 Å². The average Bonchev–Trinajstić information content (AvgIpc) is 2.37. The number of benzene rings is 1.